The molecular weight excluding hydrogens is 330 g/mol. The van der Waals surface area contributed by atoms with Gasteiger partial charge in [0.15, 0.2) is 0 Å². The number of aromatic nitrogens is 2. The maximum absolute atomic E-state index is 12.7. The van der Waals surface area contributed by atoms with Crippen LogP contribution in [-0.4, -0.2) is 36.0 Å². The number of aryl methyl sites for hydroxylation is 1. The van der Waals surface area contributed by atoms with Crippen LogP contribution in [0.3, 0.4) is 0 Å². The van der Waals surface area contributed by atoms with Crippen molar-refractivity contribution in [1.82, 2.24) is 14.5 Å². The highest BCUT2D eigenvalue weighted by atomic mass is 35.5. The summed E-state index contributed by atoms with van der Waals surface area (Å²) in [5.74, 6) is 0.173. The molecule has 21 heavy (non-hydrogen) atoms. The van der Waals surface area contributed by atoms with Crippen LogP contribution in [0.4, 0.5) is 0 Å². The van der Waals surface area contributed by atoms with Gasteiger partial charge in [-0.1, -0.05) is 11.6 Å². The summed E-state index contributed by atoms with van der Waals surface area (Å²) < 4.78 is 27.7. The first-order valence-electron chi connectivity index (χ1n) is 6.74. The standard InChI is InChI=1S/C13H16ClN3O2S2/c1-9-7-15-16-13(9)10-3-2-6-17(8-10)21(18,19)12-5-4-11(14)20-12/h4-5,7,10H,2-3,6,8H2,1H3,(H,15,16). The Bertz CT molecular complexity index is 738. The number of sulfonamides is 1. The fourth-order valence-corrected chi connectivity index (χ4v) is 5.89. The van der Waals surface area contributed by atoms with Crippen LogP contribution in [0, 0.1) is 6.92 Å². The summed E-state index contributed by atoms with van der Waals surface area (Å²) in [5.41, 5.74) is 2.12. The van der Waals surface area contributed by atoms with Gasteiger partial charge < -0.3 is 0 Å². The van der Waals surface area contributed by atoms with E-state index in [1.54, 1.807) is 22.6 Å². The van der Waals surface area contributed by atoms with Crippen LogP contribution in [0.15, 0.2) is 22.5 Å². The lowest BCUT2D eigenvalue weighted by Crippen LogP contribution is -2.39. The molecule has 2 aromatic heterocycles. The molecule has 0 aliphatic carbocycles. The number of aromatic amines is 1. The minimum Gasteiger partial charge on any atom is -0.282 e. The summed E-state index contributed by atoms with van der Waals surface area (Å²) in [6.07, 6.45) is 3.60. The van der Waals surface area contributed by atoms with E-state index in [9.17, 15) is 8.42 Å². The number of H-pyrrole nitrogens is 1. The van der Waals surface area contributed by atoms with Crippen molar-refractivity contribution in [1.29, 1.82) is 0 Å². The Hall–Kier alpha value is -0.890. The molecule has 0 saturated carbocycles. The maximum Gasteiger partial charge on any atom is 0.252 e. The number of piperidine rings is 1. The SMILES string of the molecule is Cc1cn[nH]c1C1CCCN(S(=O)(=O)c2ccc(Cl)s2)C1. The number of hydrogen-bond acceptors (Lipinski definition) is 4. The zero-order valence-corrected chi connectivity index (χ0v) is 13.9. The van der Waals surface area contributed by atoms with Crippen LogP contribution in [0.5, 0.6) is 0 Å². The predicted octanol–water partition coefficient (Wildman–Crippen LogP) is 3.00. The molecule has 0 amide bonds. The number of halogens is 1. The Kier molecular flexibility index (Phi) is 4.09. The third-order valence-corrected chi connectivity index (χ3v) is 7.37. The zero-order chi connectivity index (χ0) is 15.0. The molecule has 3 rings (SSSR count). The average Bonchev–Trinajstić information content (AvgIpc) is 3.08. The molecule has 3 heterocycles. The molecule has 0 aromatic carbocycles. The van der Waals surface area contributed by atoms with Gasteiger partial charge in [-0.25, -0.2) is 8.42 Å². The Balaban J connectivity index is 1.85. The summed E-state index contributed by atoms with van der Waals surface area (Å²) in [4.78, 5) is 0. The molecule has 114 valence electrons. The summed E-state index contributed by atoms with van der Waals surface area (Å²) in [6, 6.07) is 3.20. The van der Waals surface area contributed by atoms with Gasteiger partial charge in [0.1, 0.15) is 4.21 Å². The molecule has 1 aliphatic rings. The predicted molar refractivity (Wildman–Crippen MR) is 83.4 cm³/mol. The Morgan fingerprint density at radius 3 is 2.90 bits per heavy atom. The molecule has 8 heteroatoms. The Morgan fingerprint density at radius 1 is 1.48 bits per heavy atom. The van der Waals surface area contributed by atoms with Crippen LogP contribution in [0.25, 0.3) is 0 Å². The van der Waals surface area contributed by atoms with E-state index in [1.807, 2.05) is 6.92 Å². The molecule has 1 aliphatic heterocycles. The van der Waals surface area contributed by atoms with Crippen LogP contribution in [-0.2, 0) is 10.0 Å². The van der Waals surface area contributed by atoms with Gasteiger partial charge in [-0.3, -0.25) is 5.10 Å². The van der Waals surface area contributed by atoms with Crippen molar-refractivity contribution in [2.45, 2.75) is 29.9 Å². The van der Waals surface area contributed by atoms with Crippen molar-refractivity contribution in [3.8, 4) is 0 Å². The number of rotatable bonds is 3. The minimum atomic E-state index is -3.44. The van der Waals surface area contributed by atoms with E-state index in [0.717, 1.165) is 35.4 Å². The van der Waals surface area contributed by atoms with E-state index in [2.05, 4.69) is 10.2 Å². The molecule has 5 nitrogen and oxygen atoms in total. The van der Waals surface area contributed by atoms with E-state index in [-0.39, 0.29) is 5.92 Å². The Morgan fingerprint density at radius 2 is 2.29 bits per heavy atom. The van der Waals surface area contributed by atoms with Crippen LogP contribution in [0.1, 0.15) is 30.0 Å². The molecule has 1 saturated heterocycles. The number of nitrogens with one attached hydrogen (secondary N) is 1. The smallest absolute Gasteiger partial charge is 0.252 e. The highest BCUT2D eigenvalue weighted by Gasteiger charge is 2.32. The first-order chi connectivity index (χ1) is 9.98. The second-order valence-corrected chi connectivity index (χ2v) is 9.11. The fourth-order valence-electron chi connectivity index (χ4n) is 2.73. The van der Waals surface area contributed by atoms with E-state index < -0.39 is 10.0 Å². The van der Waals surface area contributed by atoms with Crippen molar-refractivity contribution in [2.24, 2.45) is 0 Å². The summed E-state index contributed by atoms with van der Waals surface area (Å²) in [6.45, 7) is 3.04. The third kappa shape index (κ3) is 2.88. The lowest BCUT2D eigenvalue weighted by molar-refractivity contribution is 0.312. The molecule has 0 bridgehead atoms. The molecule has 0 radical (unpaired) electrons. The van der Waals surface area contributed by atoms with Crippen molar-refractivity contribution < 1.29 is 8.42 Å². The van der Waals surface area contributed by atoms with Gasteiger partial charge in [0.2, 0.25) is 0 Å². The number of nitrogens with zero attached hydrogens (tertiary/aromatic N) is 2. The minimum absolute atomic E-state index is 0.173. The molecule has 1 fully saturated rings. The van der Waals surface area contributed by atoms with E-state index in [1.165, 1.54) is 0 Å². The summed E-state index contributed by atoms with van der Waals surface area (Å²) >= 11 is 6.96. The summed E-state index contributed by atoms with van der Waals surface area (Å²) in [5, 5.41) is 7.04. The number of hydrogen-bond donors (Lipinski definition) is 1. The van der Waals surface area contributed by atoms with Gasteiger partial charge >= 0.3 is 0 Å². The normalized spacial score (nSPS) is 20.8. The van der Waals surface area contributed by atoms with Gasteiger partial charge in [-0.05, 0) is 37.5 Å². The van der Waals surface area contributed by atoms with Gasteiger partial charge in [-0.2, -0.15) is 9.40 Å². The largest absolute Gasteiger partial charge is 0.282 e. The molecule has 2 aromatic rings. The highest BCUT2D eigenvalue weighted by molar-refractivity contribution is 7.91. The monoisotopic (exact) mass is 345 g/mol. The third-order valence-electron chi connectivity index (χ3n) is 3.80. The van der Waals surface area contributed by atoms with E-state index in [0.29, 0.717) is 21.6 Å². The maximum atomic E-state index is 12.7. The lowest BCUT2D eigenvalue weighted by Gasteiger charge is -2.31. The second kappa shape index (κ2) is 5.72. The highest BCUT2D eigenvalue weighted by Crippen LogP contribution is 2.33. The molecule has 1 atom stereocenters. The fraction of sp³-hybridized carbons (Fsp3) is 0.462. The summed E-state index contributed by atoms with van der Waals surface area (Å²) in [7, 11) is -3.44. The van der Waals surface area contributed by atoms with Gasteiger partial charge in [0, 0.05) is 24.7 Å². The molecule has 1 unspecified atom stereocenters. The van der Waals surface area contributed by atoms with E-state index >= 15 is 0 Å². The van der Waals surface area contributed by atoms with Gasteiger partial charge in [-0.15, -0.1) is 11.3 Å². The quantitative estimate of drug-likeness (QED) is 0.929. The first-order valence-corrected chi connectivity index (χ1v) is 9.37. The van der Waals surface area contributed by atoms with Crippen LogP contribution < -0.4 is 0 Å². The van der Waals surface area contributed by atoms with Crippen LogP contribution >= 0.6 is 22.9 Å². The van der Waals surface area contributed by atoms with Gasteiger partial charge in [0.05, 0.1) is 10.5 Å². The average molecular weight is 346 g/mol. The van der Waals surface area contributed by atoms with Crippen LogP contribution in [0.2, 0.25) is 4.34 Å². The molecular formula is C13H16ClN3O2S2. The van der Waals surface area contributed by atoms with Gasteiger partial charge in [0.25, 0.3) is 10.0 Å². The first kappa shape index (κ1) is 15.0. The van der Waals surface area contributed by atoms with Crippen molar-refractivity contribution in [3.05, 3.63) is 33.9 Å². The zero-order valence-electron chi connectivity index (χ0n) is 11.5. The number of thiophene rings is 1. The van der Waals surface area contributed by atoms with Crippen molar-refractivity contribution in [2.75, 3.05) is 13.1 Å². The topological polar surface area (TPSA) is 66.1 Å². The molecule has 0 spiro atoms. The van der Waals surface area contributed by atoms with Crippen molar-refractivity contribution >= 4 is 33.0 Å². The molecule has 1 N–H and O–H groups in total. The lowest BCUT2D eigenvalue weighted by atomic mass is 9.94. The van der Waals surface area contributed by atoms with E-state index in [4.69, 9.17) is 11.6 Å². The van der Waals surface area contributed by atoms with Crippen molar-refractivity contribution in [3.63, 3.8) is 0 Å². The Labute approximate surface area is 133 Å². The second-order valence-electron chi connectivity index (χ2n) is 5.23.